The van der Waals surface area contributed by atoms with Gasteiger partial charge in [0.1, 0.15) is 0 Å². The van der Waals surface area contributed by atoms with Gasteiger partial charge in [-0.25, -0.2) is 16.8 Å². The van der Waals surface area contributed by atoms with Gasteiger partial charge in [0.15, 0.2) is 5.78 Å². The van der Waals surface area contributed by atoms with Crippen LogP contribution in [0.4, 0.5) is 11.4 Å². The van der Waals surface area contributed by atoms with Crippen LogP contribution in [0.1, 0.15) is 77.3 Å². The van der Waals surface area contributed by atoms with Crippen molar-refractivity contribution in [1.29, 1.82) is 0 Å². The molecule has 2 heterocycles. The van der Waals surface area contributed by atoms with E-state index in [1.807, 2.05) is 60.7 Å². The van der Waals surface area contributed by atoms with Gasteiger partial charge >= 0.3 is 88.7 Å². The molecule has 0 saturated heterocycles. The number of unbranched alkanes of at least 4 members (excludes halogenated alkanes) is 2. The van der Waals surface area contributed by atoms with Gasteiger partial charge in [-0.05, 0) is 73.9 Å². The van der Waals surface area contributed by atoms with Crippen LogP contribution in [0.15, 0.2) is 95.4 Å². The molecule has 11 nitrogen and oxygen atoms in total. The topological polar surface area (TPSA) is 178 Å². The normalized spacial score (nSPS) is 21.6. The third-order valence-corrected chi connectivity index (χ3v) is 12.0. The van der Waals surface area contributed by atoms with Crippen LogP contribution in [-0.2, 0) is 40.7 Å². The van der Waals surface area contributed by atoms with Crippen LogP contribution in [-0.4, -0.2) is 62.3 Å². The second-order valence-corrected chi connectivity index (χ2v) is 17.8. The van der Waals surface area contributed by atoms with Crippen molar-refractivity contribution in [2.45, 2.75) is 77.0 Å². The molecule has 280 valence electrons. The number of ketones is 1. The van der Waals surface area contributed by atoms with Gasteiger partial charge in [-0.2, -0.15) is 0 Å². The predicted octanol–water partition coefficient (Wildman–Crippen LogP) is -4.41. The molecule has 0 aromatic heterocycles. The molecule has 0 N–H and O–H groups in total. The monoisotopic (exact) mass is 818 g/mol. The van der Waals surface area contributed by atoms with Gasteiger partial charge in [0.25, 0.3) is 0 Å². The average molecular weight is 819 g/mol. The van der Waals surface area contributed by atoms with Crippen LogP contribution < -0.4 is 104 Å². The fraction of sp³-hybridized carbons (Fsp3) is 0.436. The molecule has 0 radical (unpaired) electrons. The van der Waals surface area contributed by atoms with Crippen LogP contribution >= 0.6 is 0 Å². The van der Waals surface area contributed by atoms with Crippen molar-refractivity contribution < 1.29 is 129 Å². The minimum atomic E-state index is -4.34. The van der Waals surface area contributed by atoms with Gasteiger partial charge in [0, 0.05) is 81.2 Å². The molecule has 2 aliphatic heterocycles. The SMILES string of the molecule is CC1(C)/C(=C\C=C2/CC(C(=O)[O-])C/C(=C\C=C3\N(CCCCS(=O)(=O)[O-])c4ccccc4C3(C)C)C2=O)N(CCCCS(=O)(=O)[O-])c2ccccc21.[Na+].[Na+].[Na+]. The van der Waals surface area contributed by atoms with E-state index >= 15 is 0 Å². The second kappa shape index (κ2) is 20.3. The van der Waals surface area contributed by atoms with E-state index in [1.54, 1.807) is 12.2 Å². The number of benzene rings is 2. The molecule has 1 aliphatic carbocycles. The summed E-state index contributed by atoms with van der Waals surface area (Å²) >= 11 is 0. The Kier molecular flexibility index (Phi) is 18.5. The van der Waals surface area contributed by atoms with Crippen molar-refractivity contribution in [3.05, 3.63) is 107 Å². The molecule has 0 spiro atoms. The van der Waals surface area contributed by atoms with Crippen molar-refractivity contribution in [3.63, 3.8) is 0 Å². The zero-order chi connectivity index (χ0) is 38.1. The summed E-state index contributed by atoms with van der Waals surface area (Å²) in [5.74, 6) is -3.35. The number of anilines is 2. The van der Waals surface area contributed by atoms with Gasteiger partial charge in [0.05, 0.1) is 20.2 Å². The Bertz CT molecular complexity index is 1950. The number of carbonyl (C=O) groups excluding carboxylic acids is 2. The third kappa shape index (κ3) is 12.0. The summed E-state index contributed by atoms with van der Waals surface area (Å²) in [5.41, 5.74) is 5.36. The number of allylic oxidation sites excluding steroid dienone is 8. The molecular weight excluding hydrogens is 774 g/mol. The number of para-hydroxylation sites is 2. The molecule has 1 saturated carbocycles. The number of carboxylic acids is 1. The maximum Gasteiger partial charge on any atom is 1.00 e. The first-order valence-electron chi connectivity index (χ1n) is 17.5. The fourth-order valence-corrected chi connectivity index (χ4v) is 8.78. The van der Waals surface area contributed by atoms with Crippen molar-refractivity contribution in [2.24, 2.45) is 5.92 Å². The van der Waals surface area contributed by atoms with Gasteiger partial charge < -0.3 is 28.8 Å². The maximum absolute atomic E-state index is 14.0. The van der Waals surface area contributed by atoms with E-state index in [4.69, 9.17) is 0 Å². The average Bonchev–Trinajstić information content (AvgIpc) is 3.41. The zero-order valence-corrected chi connectivity index (χ0v) is 40.6. The number of hydrogen-bond acceptors (Lipinski definition) is 11. The number of rotatable bonds is 13. The molecule has 1 fully saturated rings. The number of nitrogens with zero attached hydrogens (tertiary/aromatic N) is 2. The smallest absolute Gasteiger partial charge is 0.748 e. The Morgan fingerprint density at radius 2 is 1.04 bits per heavy atom. The number of aliphatic carboxylic acids is 1. The van der Waals surface area contributed by atoms with E-state index in [0.29, 0.717) is 37.1 Å². The third-order valence-electron chi connectivity index (χ3n) is 10.4. The molecule has 55 heavy (non-hydrogen) atoms. The molecule has 16 heteroatoms. The molecule has 5 rings (SSSR count). The van der Waals surface area contributed by atoms with E-state index in [9.17, 15) is 40.6 Å². The van der Waals surface area contributed by atoms with Crippen molar-refractivity contribution in [1.82, 2.24) is 0 Å². The Labute approximate surface area is 392 Å². The van der Waals surface area contributed by atoms with E-state index in [2.05, 4.69) is 37.5 Å². The number of carboxylic acid groups (broad SMARTS) is 1. The van der Waals surface area contributed by atoms with E-state index in [-0.39, 0.29) is 120 Å². The standard InChI is InChI=1S/C39H48N2O9S2.3Na/c1-38(2)30-13-5-7-15-32(30)40(21-9-11-23-51(45,46)47)34(38)19-17-27-25-29(37(43)44)26-28(36(27)42)18-20-35-39(3,4)31-14-6-8-16-33(31)41(35)22-10-12-24-52(48,49)50;;;/h5-8,13-20,29H,9-12,21-26H2,1-4H3,(H,43,44)(H,45,46,47)(H,48,49,50);;;/q;3*+1/p-3/b27-17+,28-18+,34-19+,35-20+;;;. The summed E-state index contributed by atoms with van der Waals surface area (Å²) in [6, 6.07) is 15.7. The zero-order valence-electron chi connectivity index (χ0n) is 33.0. The number of Topliss-reactive ketones (excluding diaryl/α,β-unsaturated/α-hetero) is 1. The summed E-state index contributed by atoms with van der Waals surface area (Å²) in [6.07, 6.45) is 8.34. The Balaban J connectivity index is 0.00000348. The van der Waals surface area contributed by atoms with Gasteiger partial charge in [-0.3, -0.25) is 4.79 Å². The number of carbonyl (C=O) groups is 2. The fourth-order valence-electron chi connectivity index (χ4n) is 7.67. The summed E-state index contributed by atoms with van der Waals surface area (Å²) in [7, 11) is -8.67. The first kappa shape index (κ1) is 50.1. The van der Waals surface area contributed by atoms with Crippen molar-refractivity contribution >= 4 is 43.4 Å². The summed E-state index contributed by atoms with van der Waals surface area (Å²) in [4.78, 5) is 30.4. The Morgan fingerprint density at radius 3 is 1.38 bits per heavy atom. The van der Waals surface area contributed by atoms with E-state index in [0.717, 1.165) is 33.9 Å². The molecule has 0 unspecified atom stereocenters. The first-order chi connectivity index (χ1) is 24.3. The minimum absolute atomic E-state index is 0. The van der Waals surface area contributed by atoms with Crippen molar-refractivity contribution in [3.8, 4) is 0 Å². The molecule has 0 amide bonds. The number of fused-ring (bicyclic) bond motifs is 2. The van der Waals surface area contributed by atoms with Crippen LogP contribution in [0.3, 0.4) is 0 Å². The van der Waals surface area contributed by atoms with Gasteiger partial charge in [0.2, 0.25) is 0 Å². The molecule has 0 atom stereocenters. The Morgan fingerprint density at radius 1 is 0.673 bits per heavy atom. The quantitative estimate of drug-likeness (QED) is 0.0826. The van der Waals surface area contributed by atoms with Gasteiger partial charge in [-0.1, -0.05) is 76.2 Å². The minimum Gasteiger partial charge on any atom is -0.748 e. The van der Waals surface area contributed by atoms with E-state index < -0.39 is 54.5 Å². The molecule has 0 bridgehead atoms. The molecular formula is C39H45N2Na3O9S2. The maximum atomic E-state index is 14.0. The van der Waals surface area contributed by atoms with Crippen LogP contribution in [0.2, 0.25) is 0 Å². The van der Waals surface area contributed by atoms with Crippen molar-refractivity contribution in [2.75, 3.05) is 34.4 Å². The molecule has 3 aliphatic rings. The van der Waals surface area contributed by atoms with Crippen LogP contribution in [0, 0.1) is 5.92 Å². The second-order valence-electron chi connectivity index (χ2n) is 14.8. The largest absolute Gasteiger partial charge is 1.00 e. The Hall–Kier alpha value is -1.04. The summed E-state index contributed by atoms with van der Waals surface area (Å²) in [5, 5.41) is 12.3. The van der Waals surface area contributed by atoms with Crippen LogP contribution in [0.5, 0.6) is 0 Å². The number of hydrogen-bond donors (Lipinski definition) is 0. The molecule has 2 aromatic rings. The van der Waals surface area contributed by atoms with Crippen LogP contribution in [0.25, 0.3) is 0 Å². The summed E-state index contributed by atoms with van der Waals surface area (Å²) in [6.45, 7) is 9.09. The van der Waals surface area contributed by atoms with Gasteiger partial charge in [-0.15, -0.1) is 0 Å². The predicted molar refractivity (Wildman–Crippen MR) is 196 cm³/mol. The summed E-state index contributed by atoms with van der Waals surface area (Å²) < 4.78 is 67.2. The van der Waals surface area contributed by atoms with E-state index in [1.165, 1.54) is 0 Å². The molecule has 2 aromatic carbocycles. The first-order valence-corrected chi connectivity index (χ1v) is 20.7.